The Labute approximate surface area is 91.7 Å². The lowest BCUT2D eigenvalue weighted by molar-refractivity contribution is -0.108. The predicted octanol–water partition coefficient (Wildman–Crippen LogP) is 2.96. The van der Waals surface area contributed by atoms with Gasteiger partial charge in [-0.2, -0.15) is 0 Å². The van der Waals surface area contributed by atoms with E-state index < -0.39 is 0 Å². The molecular formula is C13H20N2. The van der Waals surface area contributed by atoms with E-state index in [-0.39, 0.29) is 0 Å². The van der Waals surface area contributed by atoms with Crippen LogP contribution in [-0.4, -0.2) is 9.55 Å². The Hall–Kier alpha value is -0.790. The van der Waals surface area contributed by atoms with Crippen molar-refractivity contribution in [3.63, 3.8) is 0 Å². The minimum atomic E-state index is 0.615. The summed E-state index contributed by atoms with van der Waals surface area (Å²) in [6.07, 6.45) is 10.3. The van der Waals surface area contributed by atoms with Crippen molar-refractivity contribution >= 4 is 0 Å². The SMILES string of the molecule is CC1(C)[C@@H]2CC[C@H](Cn3ccnc3)[C@H]1C2. The van der Waals surface area contributed by atoms with Gasteiger partial charge in [0.1, 0.15) is 0 Å². The maximum Gasteiger partial charge on any atom is 0.0945 e. The third-order valence-corrected chi connectivity index (χ3v) is 5.01. The molecule has 4 rings (SSSR count). The Morgan fingerprint density at radius 2 is 2.27 bits per heavy atom. The average Bonchev–Trinajstić information content (AvgIpc) is 2.70. The van der Waals surface area contributed by atoms with Crippen LogP contribution in [0.25, 0.3) is 0 Å². The molecule has 3 aliphatic carbocycles. The first-order valence-corrected chi connectivity index (χ1v) is 6.13. The van der Waals surface area contributed by atoms with Crippen molar-refractivity contribution in [3.8, 4) is 0 Å². The van der Waals surface area contributed by atoms with E-state index in [2.05, 4.69) is 29.6 Å². The van der Waals surface area contributed by atoms with E-state index >= 15 is 0 Å². The highest BCUT2D eigenvalue weighted by Gasteiger charge is 2.53. The second-order valence-electron chi connectivity index (χ2n) is 5.96. The van der Waals surface area contributed by atoms with Gasteiger partial charge in [0.05, 0.1) is 6.33 Å². The lowest BCUT2D eigenvalue weighted by atomic mass is 9.45. The molecule has 0 radical (unpaired) electrons. The van der Waals surface area contributed by atoms with E-state index in [1.807, 2.05) is 12.5 Å². The third-order valence-electron chi connectivity index (χ3n) is 5.01. The molecule has 3 saturated carbocycles. The highest BCUT2D eigenvalue weighted by molar-refractivity contribution is 5.03. The van der Waals surface area contributed by atoms with Crippen LogP contribution in [0.3, 0.4) is 0 Å². The number of fused-ring (bicyclic) bond motifs is 2. The molecule has 2 heteroatoms. The van der Waals surface area contributed by atoms with Crippen LogP contribution in [0.4, 0.5) is 0 Å². The zero-order valence-electron chi connectivity index (χ0n) is 9.69. The van der Waals surface area contributed by atoms with Crippen molar-refractivity contribution in [1.29, 1.82) is 0 Å². The molecule has 1 aromatic rings. The van der Waals surface area contributed by atoms with Gasteiger partial charge in [-0.15, -0.1) is 0 Å². The Bertz CT molecular complexity index is 337. The van der Waals surface area contributed by atoms with Crippen LogP contribution in [0, 0.1) is 23.2 Å². The largest absolute Gasteiger partial charge is 0.337 e. The van der Waals surface area contributed by atoms with Gasteiger partial charge < -0.3 is 4.57 Å². The van der Waals surface area contributed by atoms with Crippen LogP contribution in [0.5, 0.6) is 0 Å². The summed E-state index contributed by atoms with van der Waals surface area (Å²) in [5.41, 5.74) is 0.615. The van der Waals surface area contributed by atoms with E-state index in [0.29, 0.717) is 5.41 Å². The molecule has 0 aliphatic heterocycles. The van der Waals surface area contributed by atoms with E-state index in [0.717, 1.165) is 17.8 Å². The molecule has 2 bridgehead atoms. The number of aromatic nitrogens is 2. The van der Waals surface area contributed by atoms with E-state index in [4.69, 9.17) is 0 Å². The lowest BCUT2D eigenvalue weighted by Crippen LogP contribution is -2.53. The average molecular weight is 204 g/mol. The van der Waals surface area contributed by atoms with Gasteiger partial charge in [-0.05, 0) is 42.4 Å². The van der Waals surface area contributed by atoms with Crippen LogP contribution < -0.4 is 0 Å². The second kappa shape index (κ2) is 3.10. The maximum atomic E-state index is 4.12. The van der Waals surface area contributed by atoms with Crippen molar-refractivity contribution in [2.75, 3.05) is 0 Å². The zero-order chi connectivity index (χ0) is 10.5. The molecule has 1 heterocycles. The summed E-state index contributed by atoms with van der Waals surface area (Å²) >= 11 is 0. The molecular weight excluding hydrogens is 184 g/mol. The number of hydrogen-bond donors (Lipinski definition) is 0. The van der Waals surface area contributed by atoms with Gasteiger partial charge in [0.2, 0.25) is 0 Å². The van der Waals surface area contributed by atoms with E-state index in [9.17, 15) is 0 Å². The summed E-state index contributed by atoms with van der Waals surface area (Å²) < 4.78 is 2.25. The maximum absolute atomic E-state index is 4.12. The highest BCUT2D eigenvalue weighted by Crippen LogP contribution is 2.61. The lowest BCUT2D eigenvalue weighted by Gasteiger charge is -2.60. The Kier molecular flexibility index (Phi) is 1.95. The van der Waals surface area contributed by atoms with Gasteiger partial charge in [0.15, 0.2) is 0 Å². The monoisotopic (exact) mass is 204 g/mol. The number of imidazole rings is 1. The van der Waals surface area contributed by atoms with Crippen molar-refractivity contribution in [1.82, 2.24) is 9.55 Å². The Morgan fingerprint density at radius 3 is 2.87 bits per heavy atom. The molecule has 3 aliphatic rings. The summed E-state index contributed by atoms with van der Waals surface area (Å²) in [4.78, 5) is 4.12. The van der Waals surface area contributed by atoms with Gasteiger partial charge in [0, 0.05) is 18.9 Å². The quantitative estimate of drug-likeness (QED) is 0.724. The fourth-order valence-electron chi connectivity index (χ4n) is 3.85. The number of nitrogens with zero attached hydrogens (tertiary/aromatic N) is 2. The first-order chi connectivity index (χ1) is 7.18. The van der Waals surface area contributed by atoms with Gasteiger partial charge >= 0.3 is 0 Å². The summed E-state index contributed by atoms with van der Waals surface area (Å²) in [5, 5.41) is 0. The van der Waals surface area contributed by atoms with Crippen LogP contribution in [0.1, 0.15) is 33.1 Å². The zero-order valence-corrected chi connectivity index (χ0v) is 9.69. The normalized spacial score (nSPS) is 37.3. The van der Waals surface area contributed by atoms with Crippen LogP contribution in [0.15, 0.2) is 18.7 Å². The fraction of sp³-hybridized carbons (Fsp3) is 0.769. The third kappa shape index (κ3) is 1.34. The topological polar surface area (TPSA) is 17.8 Å². The Morgan fingerprint density at radius 1 is 1.40 bits per heavy atom. The van der Waals surface area contributed by atoms with Crippen LogP contribution in [0.2, 0.25) is 0 Å². The molecule has 3 fully saturated rings. The predicted molar refractivity (Wildman–Crippen MR) is 60.3 cm³/mol. The van der Waals surface area contributed by atoms with Gasteiger partial charge in [-0.25, -0.2) is 4.98 Å². The summed E-state index contributed by atoms with van der Waals surface area (Å²) in [6.45, 7) is 6.11. The fourth-order valence-corrected chi connectivity index (χ4v) is 3.85. The minimum absolute atomic E-state index is 0.615. The van der Waals surface area contributed by atoms with Gasteiger partial charge in [-0.1, -0.05) is 13.8 Å². The standard InChI is InChI=1S/C13H20N2/c1-13(2)11-4-3-10(12(13)7-11)8-15-6-5-14-9-15/h5-6,9-12H,3-4,7-8H2,1-2H3/t10-,11-,12-/m1/s1. The number of rotatable bonds is 2. The smallest absolute Gasteiger partial charge is 0.0945 e. The molecule has 3 atom stereocenters. The summed E-state index contributed by atoms with van der Waals surface area (Å²) in [7, 11) is 0. The second-order valence-corrected chi connectivity index (χ2v) is 5.96. The van der Waals surface area contributed by atoms with Crippen molar-refractivity contribution in [2.24, 2.45) is 23.2 Å². The molecule has 0 amide bonds. The molecule has 0 spiro atoms. The van der Waals surface area contributed by atoms with E-state index in [1.165, 1.54) is 25.8 Å². The van der Waals surface area contributed by atoms with Crippen molar-refractivity contribution in [2.45, 2.75) is 39.7 Å². The van der Waals surface area contributed by atoms with Crippen molar-refractivity contribution < 1.29 is 0 Å². The molecule has 15 heavy (non-hydrogen) atoms. The summed E-state index contributed by atoms with van der Waals surface area (Å²) in [6, 6.07) is 0. The first kappa shape index (κ1) is 9.44. The summed E-state index contributed by atoms with van der Waals surface area (Å²) in [5.74, 6) is 2.86. The van der Waals surface area contributed by atoms with Gasteiger partial charge in [0.25, 0.3) is 0 Å². The Balaban J connectivity index is 1.72. The molecule has 1 aromatic heterocycles. The van der Waals surface area contributed by atoms with Crippen LogP contribution in [-0.2, 0) is 6.54 Å². The molecule has 0 unspecified atom stereocenters. The van der Waals surface area contributed by atoms with Crippen LogP contribution >= 0.6 is 0 Å². The molecule has 0 aromatic carbocycles. The van der Waals surface area contributed by atoms with Gasteiger partial charge in [-0.3, -0.25) is 0 Å². The molecule has 82 valence electrons. The number of hydrogen-bond acceptors (Lipinski definition) is 1. The molecule has 2 nitrogen and oxygen atoms in total. The van der Waals surface area contributed by atoms with E-state index in [1.54, 1.807) is 0 Å². The van der Waals surface area contributed by atoms with Crippen molar-refractivity contribution in [3.05, 3.63) is 18.7 Å². The molecule has 0 saturated heterocycles. The minimum Gasteiger partial charge on any atom is -0.337 e. The first-order valence-electron chi connectivity index (χ1n) is 6.13. The molecule has 0 N–H and O–H groups in total. The highest BCUT2D eigenvalue weighted by atomic mass is 15.0.